The number of rotatable bonds is 10. The first-order valence-corrected chi connectivity index (χ1v) is 10.3. The molecule has 0 unspecified atom stereocenters. The monoisotopic (exact) mass is 424 g/mol. The molecule has 0 atom stereocenters. The van der Waals surface area contributed by atoms with Crippen LogP contribution in [0.5, 0.6) is 11.5 Å². The average Bonchev–Trinajstić information content (AvgIpc) is 3.03. The molecular formula is C24H28N2O5. The molecule has 7 nitrogen and oxygen atoms in total. The maximum Gasteiger partial charge on any atom is 0.277 e. The number of likely N-dealkylation sites (N-methyl/N-ethyl adjacent to an activating group) is 1. The van der Waals surface area contributed by atoms with Crippen molar-refractivity contribution in [2.45, 2.75) is 13.3 Å². The molecule has 2 aromatic rings. The number of aliphatic hydroxyl groups is 1. The topological polar surface area (TPSA) is 79.3 Å². The van der Waals surface area contributed by atoms with Crippen molar-refractivity contribution in [3.63, 3.8) is 0 Å². The Morgan fingerprint density at radius 2 is 1.61 bits per heavy atom. The van der Waals surface area contributed by atoms with Crippen LogP contribution < -0.4 is 9.47 Å². The van der Waals surface area contributed by atoms with Crippen LogP contribution in [0.25, 0.3) is 5.57 Å². The van der Waals surface area contributed by atoms with Crippen LogP contribution in [0, 0.1) is 0 Å². The fourth-order valence-electron chi connectivity index (χ4n) is 3.56. The van der Waals surface area contributed by atoms with E-state index in [0.717, 1.165) is 11.3 Å². The number of aliphatic hydroxyl groups excluding tert-OH is 1. The van der Waals surface area contributed by atoms with Crippen LogP contribution in [0.1, 0.15) is 18.1 Å². The Morgan fingerprint density at radius 3 is 2.19 bits per heavy atom. The van der Waals surface area contributed by atoms with Crippen molar-refractivity contribution in [3.8, 4) is 11.5 Å². The minimum atomic E-state index is -0.349. The summed E-state index contributed by atoms with van der Waals surface area (Å²) in [6.45, 7) is 2.84. The van der Waals surface area contributed by atoms with Gasteiger partial charge in [-0.05, 0) is 48.7 Å². The first kappa shape index (κ1) is 22.4. The van der Waals surface area contributed by atoms with Gasteiger partial charge in [0.25, 0.3) is 11.8 Å². The van der Waals surface area contributed by atoms with Gasteiger partial charge >= 0.3 is 0 Å². The van der Waals surface area contributed by atoms with Gasteiger partial charge in [0.1, 0.15) is 17.2 Å². The lowest BCUT2D eigenvalue weighted by Crippen LogP contribution is -2.36. The van der Waals surface area contributed by atoms with Crippen LogP contribution in [0.4, 0.5) is 0 Å². The number of hydrogen-bond acceptors (Lipinski definition) is 6. The van der Waals surface area contributed by atoms with Crippen LogP contribution in [0.2, 0.25) is 0 Å². The Bertz CT molecular complexity index is 951. The smallest absolute Gasteiger partial charge is 0.277 e. The molecule has 7 heteroatoms. The number of amides is 2. The summed E-state index contributed by atoms with van der Waals surface area (Å²) in [4.78, 5) is 29.4. The van der Waals surface area contributed by atoms with Crippen molar-refractivity contribution in [2.24, 2.45) is 0 Å². The summed E-state index contributed by atoms with van der Waals surface area (Å²) in [5, 5.41) is 9.36. The first-order chi connectivity index (χ1) is 15.0. The summed E-state index contributed by atoms with van der Waals surface area (Å²) in [5.74, 6) is 0.774. The number of carbonyl (C=O) groups is 2. The van der Waals surface area contributed by atoms with E-state index in [1.165, 1.54) is 4.90 Å². The van der Waals surface area contributed by atoms with E-state index in [0.29, 0.717) is 35.6 Å². The molecule has 0 bridgehead atoms. The molecule has 0 saturated carbocycles. The highest BCUT2D eigenvalue weighted by atomic mass is 16.5. The molecule has 0 aliphatic carbocycles. The zero-order valence-corrected chi connectivity index (χ0v) is 18.1. The lowest BCUT2D eigenvalue weighted by Gasteiger charge is -2.20. The van der Waals surface area contributed by atoms with Crippen molar-refractivity contribution in [1.29, 1.82) is 0 Å². The van der Waals surface area contributed by atoms with E-state index in [1.54, 1.807) is 43.3 Å². The third-order valence-electron chi connectivity index (χ3n) is 5.20. The number of carbonyl (C=O) groups excluding carboxylic acids is 2. The second-order valence-corrected chi connectivity index (χ2v) is 7.19. The van der Waals surface area contributed by atoms with E-state index in [2.05, 4.69) is 0 Å². The second kappa shape index (κ2) is 10.1. The Balaban J connectivity index is 1.86. The number of nitrogens with zero attached hydrogens (tertiary/aromatic N) is 2. The van der Waals surface area contributed by atoms with E-state index >= 15 is 0 Å². The summed E-state index contributed by atoms with van der Waals surface area (Å²) in [5.41, 5.74) is 2.30. The number of imide groups is 1. The van der Waals surface area contributed by atoms with Gasteiger partial charge in [-0.15, -0.1) is 0 Å². The molecule has 1 aliphatic heterocycles. The van der Waals surface area contributed by atoms with Crippen LogP contribution in [0.3, 0.4) is 0 Å². The van der Waals surface area contributed by atoms with Crippen LogP contribution in [0.15, 0.2) is 54.2 Å². The van der Waals surface area contributed by atoms with Crippen LogP contribution >= 0.6 is 0 Å². The maximum atomic E-state index is 13.3. The quantitative estimate of drug-likeness (QED) is 0.590. The van der Waals surface area contributed by atoms with Gasteiger partial charge in [0.2, 0.25) is 0 Å². The van der Waals surface area contributed by atoms with Gasteiger partial charge in [-0.3, -0.25) is 14.5 Å². The second-order valence-electron chi connectivity index (χ2n) is 7.19. The number of methoxy groups -OCH3 is 1. The summed E-state index contributed by atoms with van der Waals surface area (Å²) in [6.07, 6.45) is 0.537. The predicted molar refractivity (Wildman–Crippen MR) is 118 cm³/mol. The molecule has 2 amide bonds. The molecule has 1 heterocycles. The lowest BCUT2D eigenvalue weighted by atomic mass is 10.0. The van der Waals surface area contributed by atoms with Crippen LogP contribution in [-0.2, 0) is 16.0 Å². The molecule has 0 saturated heterocycles. The molecule has 164 valence electrons. The molecule has 2 aromatic carbocycles. The number of benzene rings is 2. The minimum absolute atomic E-state index is 0.121. The fourth-order valence-corrected chi connectivity index (χ4v) is 3.56. The average molecular weight is 424 g/mol. The Labute approximate surface area is 182 Å². The van der Waals surface area contributed by atoms with Gasteiger partial charge in [0.15, 0.2) is 0 Å². The van der Waals surface area contributed by atoms with Crippen molar-refractivity contribution >= 4 is 17.4 Å². The molecule has 31 heavy (non-hydrogen) atoms. The lowest BCUT2D eigenvalue weighted by molar-refractivity contribution is -0.137. The van der Waals surface area contributed by atoms with Crippen molar-refractivity contribution in [1.82, 2.24) is 9.80 Å². The third kappa shape index (κ3) is 4.88. The number of ether oxygens (including phenoxy) is 2. The van der Waals surface area contributed by atoms with Crippen molar-refractivity contribution < 1.29 is 24.2 Å². The van der Waals surface area contributed by atoms with Gasteiger partial charge in [-0.1, -0.05) is 24.3 Å². The molecule has 0 radical (unpaired) electrons. The zero-order chi connectivity index (χ0) is 22.4. The predicted octanol–water partition coefficient (Wildman–Crippen LogP) is 2.34. The highest BCUT2D eigenvalue weighted by Crippen LogP contribution is 2.32. The van der Waals surface area contributed by atoms with Gasteiger partial charge in [-0.25, -0.2) is 0 Å². The summed E-state index contributed by atoms with van der Waals surface area (Å²) in [7, 11) is 3.31. The highest BCUT2D eigenvalue weighted by Gasteiger charge is 2.40. The van der Waals surface area contributed by atoms with E-state index in [4.69, 9.17) is 9.47 Å². The van der Waals surface area contributed by atoms with Crippen LogP contribution in [-0.4, -0.2) is 67.2 Å². The largest absolute Gasteiger partial charge is 0.497 e. The van der Waals surface area contributed by atoms with Gasteiger partial charge < -0.3 is 19.5 Å². The summed E-state index contributed by atoms with van der Waals surface area (Å²) < 4.78 is 10.6. The summed E-state index contributed by atoms with van der Waals surface area (Å²) in [6, 6.07) is 14.7. The van der Waals surface area contributed by atoms with Gasteiger partial charge in [0.05, 0.1) is 25.9 Å². The van der Waals surface area contributed by atoms with E-state index < -0.39 is 0 Å². The standard InChI is InChI=1S/C24H28N2O5/c1-4-31-20-11-7-18(8-12-20)21-22(25(2)15-16-27)24(29)26(23(21)28)14-13-17-5-9-19(30-3)10-6-17/h5-12,27H,4,13-16H2,1-3H3. The molecule has 3 rings (SSSR count). The molecule has 1 aliphatic rings. The maximum absolute atomic E-state index is 13.3. The zero-order valence-electron chi connectivity index (χ0n) is 18.1. The van der Waals surface area contributed by atoms with E-state index in [1.807, 2.05) is 31.2 Å². The van der Waals surface area contributed by atoms with E-state index in [9.17, 15) is 14.7 Å². The third-order valence-corrected chi connectivity index (χ3v) is 5.20. The Kier molecular flexibility index (Phi) is 7.31. The molecule has 0 spiro atoms. The van der Waals surface area contributed by atoms with E-state index in [-0.39, 0.29) is 31.5 Å². The number of hydrogen-bond donors (Lipinski definition) is 1. The SMILES string of the molecule is CCOc1ccc(C2=C(N(C)CCO)C(=O)N(CCc3ccc(OC)cc3)C2=O)cc1. The Morgan fingerprint density at radius 1 is 0.968 bits per heavy atom. The Hall–Kier alpha value is -3.32. The normalized spacial score (nSPS) is 13.7. The molecule has 0 fully saturated rings. The fraction of sp³-hybridized carbons (Fsp3) is 0.333. The van der Waals surface area contributed by atoms with Crippen molar-refractivity contribution in [3.05, 3.63) is 65.4 Å². The summed E-state index contributed by atoms with van der Waals surface area (Å²) >= 11 is 0. The first-order valence-electron chi connectivity index (χ1n) is 10.3. The highest BCUT2D eigenvalue weighted by molar-refractivity contribution is 6.35. The molecule has 0 aromatic heterocycles. The minimum Gasteiger partial charge on any atom is -0.497 e. The van der Waals surface area contributed by atoms with Gasteiger partial charge in [-0.2, -0.15) is 0 Å². The van der Waals surface area contributed by atoms with Gasteiger partial charge in [0, 0.05) is 20.1 Å². The van der Waals surface area contributed by atoms with Crippen molar-refractivity contribution in [2.75, 3.05) is 40.5 Å². The molecular weight excluding hydrogens is 396 g/mol. The molecule has 1 N–H and O–H groups in total.